The van der Waals surface area contributed by atoms with Crippen molar-refractivity contribution in [1.82, 2.24) is 9.78 Å². The molecule has 0 radical (unpaired) electrons. The van der Waals surface area contributed by atoms with E-state index in [0.717, 1.165) is 9.64 Å². The first-order valence-electron chi connectivity index (χ1n) is 5.07. The lowest BCUT2D eigenvalue weighted by atomic mass is 10.2. The maximum absolute atomic E-state index is 12.8. The van der Waals surface area contributed by atoms with Gasteiger partial charge in [0.25, 0.3) is 0 Å². The molecule has 18 heavy (non-hydrogen) atoms. The number of rotatable bonds is 3. The Bertz CT molecular complexity index is 584. The molecule has 94 valence electrons. The first-order chi connectivity index (χ1) is 8.54. The number of aromatic nitrogens is 2. The third-order valence-electron chi connectivity index (χ3n) is 2.20. The van der Waals surface area contributed by atoms with Crippen molar-refractivity contribution < 1.29 is 9.18 Å². The standard InChI is InChI=1S/C11H10FIN4O/c12-7-1-2-10(9(14)3-7)16-11(18)6-17-5-8(13)4-15-17/h1-5H,6,14H2,(H,16,18). The van der Waals surface area contributed by atoms with Crippen LogP contribution in [0.3, 0.4) is 0 Å². The molecule has 3 N–H and O–H groups in total. The summed E-state index contributed by atoms with van der Waals surface area (Å²) in [6.07, 6.45) is 3.40. The molecule has 0 aliphatic rings. The second kappa shape index (κ2) is 5.34. The van der Waals surface area contributed by atoms with Gasteiger partial charge in [-0.3, -0.25) is 9.48 Å². The number of carbonyl (C=O) groups is 1. The van der Waals surface area contributed by atoms with Crippen molar-refractivity contribution in [1.29, 1.82) is 0 Å². The molecule has 1 heterocycles. The van der Waals surface area contributed by atoms with E-state index < -0.39 is 5.82 Å². The molecule has 2 aromatic rings. The summed E-state index contributed by atoms with van der Waals surface area (Å²) in [6, 6.07) is 3.82. The second-order valence-electron chi connectivity index (χ2n) is 3.64. The molecule has 0 saturated carbocycles. The minimum absolute atomic E-state index is 0.0832. The number of nitrogens with two attached hydrogens (primary N) is 1. The van der Waals surface area contributed by atoms with Crippen LogP contribution in [0.2, 0.25) is 0 Å². The van der Waals surface area contributed by atoms with E-state index in [1.165, 1.54) is 16.8 Å². The van der Waals surface area contributed by atoms with Crippen LogP contribution in [0.5, 0.6) is 0 Å². The van der Waals surface area contributed by atoms with E-state index in [2.05, 4.69) is 33.0 Å². The molecular weight excluding hydrogens is 350 g/mol. The fourth-order valence-electron chi connectivity index (χ4n) is 1.41. The highest BCUT2D eigenvalue weighted by atomic mass is 127. The molecule has 0 unspecified atom stereocenters. The van der Waals surface area contributed by atoms with E-state index in [1.54, 1.807) is 12.4 Å². The van der Waals surface area contributed by atoms with Crippen molar-refractivity contribution in [2.75, 3.05) is 11.1 Å². The van der Waals surface area contributed by atoms with Gasteiger partial charge in [0.15, 0.2) is 0 Å². The lowest BCUT2D eigenvalue weighted by Crippen LogP contribution is -2.19. The number of halogens is 2. The van der Waals surface area contributed by atoms with Gasteiger partial charge in [-0.15, -0.1) is 0 Å². The second-order valence-corrected chi connectivity index (χ2v) is 4.88. The number of amides is 1. The Balaban J connectivity index is 2.03. The van der Waals surface area contributed by atoms with Gasteiger partial charge in [-0.25, -0.2) is 4.39 Å². The highest BCUT2D eigenvalue weighted by Crippen LogP contribution is 2.18. The van der Waals surface area contributed by atoms with Gasteiger partial charge in [-0.05, 0) is 40.8 Å². The molecule has 7 heteroatoms. The number of carbonyl (C=O) groups excluding carboxylic acids is 1. The van der Waals surface area contributed by atoms with Crippen LogP contribution in [0, 0.1) is 9.39 Å². The van der Waals surface area contributed by atoms with Crippen molar-refractivity contribution in [3.63, 3.8) is 0 Å². The summed E-state index contributed by atoms with van der Waals surface area (Å²) in [5, 5.41) is 6.59. The first-order valence-corrected chi connectivity index (χ1v) is 6.15. The van der Waals surface area contributed by atoms with Gasteiger partial charge in [0.05, 0.1) is 21.1 Å². The van der Waals surface area contributed by atoms with Crippen LogP contribution in [0.4, 0.5) is 15.8 Å². The van der Waals surface area contributed by atoms with Crippen LogP contribution < -0.4 is 11.1 Å². The van der Waals surface area contributed by atoms with Gasteiger partial charge < -0.3 is 11.1 Å². The Labute approximate surface area is 116 Å². The summed E-state index contributed by atoms with van der Waals surface area (Å²) in [7, 11) is 0. The van der Waals surface area contributed by atoms with Crippen molar-refractivity contribution in [3.05, 3.63) is 40.0 Å². The average molecular weight is 360 g/mol. The zero-order valence-electron chi connectivity index (χ0n) is 9.23. The fraction of sp³-hybridized carbons (Fsp3) is 0.0909. The third kappa shape index (κ3) is 3.19. The summed E-state index contributed by atoms with van der Waals surface area (Å²) in [6.45, 7) is 0.0832. The van der Waals surface area contributed by atoms with Crippen LogP contribution in [-0.4, -0.2) is 15.7 Å². The van der Waals surface area contributed by atoms with Gasteiger partial charge in [0.2, 0.25) is 5.91 Å². The minimum Gasteiger partial charge on any atom is -0.397 e. The van der Waals surface area contributed by atoms with E-state index in [1.807, 2.05) is 0 Å². The monoisotopic (exact) mass is 360 g/mol. The molecule has 2 rings (SSSR count). The predicted octanol–water partition coefficient (Wildman–Crippen LogP) is 1.85. The summed E-state index contributed by atoms with van der Waals surface area (Å²) in [5.41, 5.74) is 6.17. The maximum atomic E-state index is 12.8. The van der Waals surface area contributed by atoms with Gasteiger partial charge in [0.1, 0.15) is 12.4 Å². The molecule has 1 aromatic heterocycles. The Morgan fingerprint density at radius 2 is 2.33 bits per heavy atom. The van der Waals surface area contributed by atoms with Crippen molar-refractivity contribution >= 4 is 39.9 Å². The zero-order valence-corrected chi connectivity index (χ0v) is 11.4. The third-order valence-corrected chi connectivity index (χ3v) is 2.75. The lowest BCUT2D eigenvalue weighted by Gasteiger charge is -2.08. The van der Waals surface area contributed by atoms with Crippen LogP contribution in [-0.2, 0) is 11.3 Å². The molecule has 1 amide bonds. The van der Waals surface area contributed by atoms with Gasteiger partial charge in [-0.1, -0.05) is 0 Å². The number of hydrogen-bond donors (Lipinski definition) is 2. The normalized spacial score (nSPS) is 10.3. The predicted molar refractivity (Wildman–Crippen MR) is 74.4 cm³/mol. The highest BCUT2D eigenvalue weighted by Gasteiger charge is 2.07. The molecule has 0 aliphatic carbocycles. The van der Waals surface area contributed by atoms with Crippen LogP contribution >= 0.6 is 22.6 Å². The van der Waals surface area contributed by atoms with E-state index in [4.69, 9.17) is 5.73 Å². The number of nitrogens with zero attached hydrogens (tertiary/aromatic N) is 2. The highest BCUT2D eigenvalue weighted by molar-refractivity contribution is 14.1. The molecule has 0 atom stereocenters. The summed E-state index contributed by atoms with van der Waals surface area (Å²) in [4.78, 5) is 11.7. The van der Waals surface area contributed by atoms with E-state index in [-0.39, 0.29) is 18.1 Å². The Hall–Kier alpha value is -1.64. The summed E-state index contributed by atoms with van der Waals surface area (Å²) >= 11 is 2.10. The molecule has 5 nitrogen and oxygen atoms in total. The SMILES string of the molecule is Nc1cc(F)ccc1NC(=O)Cn1cc(I)cn1. The first kappa shape index (κ1) is 12.8. The van der Waals surface area contributed by atoms with E-state index in [9.17, 15) is 9.18 Å². The molecular formula is C11H10FIN4O. The van der Waals surface area contributed by atoms with Gasteiger partial charge in [-0.2, -0.15) is 5.10 Å². The van der Waals surface area contributed by atoms with Crippen molar-refractivity contribution in [3.8, 4) is 0 Å². The Kier molecular flexibility index (Phi) is 3.80. The van der Waals surface area contributed by atoms with E-state index >= 15 is 0 Å². The van der Waals surface area contributed by atoms with Crippen LogP contribution in [0.15, 0.2) is 30.6 Å². The summed E-state index contributed by atoms with van der Waals surface area (Å²) < 4.78 is 15.3. The molecule has 0 spiro atoms. The van der Waals surface area contributed by atoms with Gasteiger partial charge >= 0.3 is 0 Å². The quantitative estimate of drug-likeness (QED) is 0.648. The van der Waals surface area contributed by atoms with Crippen molar-refractivity contribution in [2.24, 2.45) is 0 Å². The Morgan fingerprint density at radius 1 is 1.56 bits per heavy atom. The largest absolute Gasteiger partial charge is 0.397 e. The number of benzene rings is 1. The number of anilines is 2. The lowest BCUT2D eigenvalue weighted by molar-refractivity contribution is -0.116. The van der Waals surface area contributed by atoms with Crippen molar-refractivity contribution in [2.45, 2.75) is 6.54 Å². The Morgan fingerprint density at radius 3 is 2.94 bits per heavy atom. The number of nitrogens with one attached hydrogen (secondary N) is 1. The molecule has 0 bridgehead atoms. The number of nitrogen functional groups attached to an aromatic ring is 1. The van der Waals surface area contributed by atoms with Gasteiger partial charge in [0, 0.05) is 6.20 Å². The summed E-state index contributed by atoms with van der Waals surface area (Å²) in [5.74, 6) is -0.708. The van der Waals surface area contributed by atoms with E-state index in [0.29, 0.717) is 5.69 Å². The molecule has 0 fully saturated rings. The molecule has 1 aromatic carbocycles. The zero-order chi connectivity index (χ0) is 13.1. The molecule has 0 aliphatic heterocycles. The van der Waals surface area contributed by atoms with Crippen LogP contribution in [0.25, 0.3) is 0 Å². The van der Waals surface area contributed by atoms with Crippen LogP contribution in [0.1, 0.15) is 0 Å². The minimum atomic E-state index is -0.438. The smallest absolute Gasteiger partial charge is 0.246 e. The molecule has 0 saturated heterocycles. The maximum Gasteiger partial charge on any atom is 0.246 e. The fourth-order valence-corrected chi connectivity index (χ4v) is 1.86. The topological polar surface area (TPSA) is 72.9 Å². The number of hydrogen-bond acceptors (Lipinski definition) is 3. The average Bonchev–Trinajstić information content (AvgIpc) is 2.68.